The number of benzene rings is 1. The molecule has 1 rings (SSSR count). The van der Waals surface area contributed by atoms with Gasteiger partial charge in [0.1, 0.15) is 5.82 Å². The molecule has 5 heteroatoms. The minimum atomic E-state index is -0.471. The summed E-state index contributed by atoms with van der Waals surface area (Å²) in [5, 5.41) is 18.0. The van der Waals surface area contributed by atoms with Gasteiger partial charge in [-0.05, 0) is 24.6 Å². The molecule has 0 amide bonds. The Bertz CT molecular complexity index is 349. The SMILES string of the molecule is CN(c1ccc(F)c(Cl)c1)C(CO)CCO. The highest BCUT2D eigenvalue weighted by Crippen LogP contribution is 2.23. The lowest BCUT2D eigenvalue weighted by Crippen LogP contribution is -2.35. The molecule has 0 saturated heterocycles. The summed E-state index contributed by atoms with van der Waals surface area (Å²) in [6, 6.07) is 4.16. The Morgan fingerprint density at radius 1 is 1.44 bits per heavy atom. The highest BCUT2D eigenvalue weighted by atomic mass is 35.5. The summed E-state index contributed by atoms with van der Waals surface area (Å²) in [6.45, 7) is -0.0868. The molecule has 0 aliphatic heterocycles. The lowest BCUT2D eigenvalue weighted by molar-refractivity contribution is 0.218. The van der Waals surface area contributed by atoms with Crippen molar-refractivity contribution in [3.05, 3.63) is 29.0 Å². The van der Waals surface area contributed by atoms with Crippen molar-refractivity contribution in [1.82, 2.24) is 0 Å². The zero-order valence-electron chi connectivity index (χ0n) is 9.03. The molecule has 0 bridgehead atoms. The van der Waals surface area contributed by atoms with E-state index < -0.39 is 5.82 Å². The van der Waals surface area contributed by atoms with Crippen LogP contribution in [0.5, 0.6) is 0 Å². The molecule has 0 spiro atoms. The van der Waals surface area contributed by atoms with Crippen molar-refractivity contribution in [1.29, 1.82) is 0 Å². The number of hydrogen-bond acceptors (Lipinski definition) is 3. The van der Waals surface area contributed by atoms with Crippen molar-refractivity contribution in [3.8, 4) is 0 Å². The summed E-state index contributed by atoms with van der Waals surface area (Å²) in [5.41, 5.74) is 0.707. The molecule has 90 valence electrons. The number of hydrogen-bond donors (Lipinski definition) is 2. The molecule has 0 heterocycles. The van der Waals surface area contributed by atoms with Gasteiger partial charge in [-0.15, -0.1) is 0 Å². The van der Waals surface area contributed by atoms with E-state index in [1.165, 1.54) is 12.1 Å². The van der Waals surface area contributed by atoms with Gasteiger partial charge >= 0.3 is 0 Å². The average Bonchev–Trinajstić information content (AvgIpc) is 2.28. The predicted octanol–water partition coefficient (Wildman–Crippen LogP) is 1.66. The molecule has 0 aromatic heterocycles. The quantitative estimate of drug-likeness (QED) is 0.832. The molecule has 1 aromatic rings. The Morgan fingerprint density at radius 2 is 2.12 bits per heavy atom. The first kappa shape index (κ1) is 13.2. The molecule has 0 radical (unpaired) electrons. The maximum Gasteiger partial charge on any atom is 0.141 e. The third-order valence-electron chi connectivity index (χ3n) is 2.53. The number of aliphatic hydroxyl groups excluding tert-OH is 2. The van der Waals surface area contributed by atoms with Crippen LogP contribution in [0.1, 0.15) is 6.42 Å². The highest BCUT2D eigenvalue weighted by Gasteiger charge is 2.14. The minimum Gasteiger partial charge on any atom is -0.396 e. The number of aliphatic hydroxyl groups is 2. The molecule has 1 aromatic carbocycles. The molecule has 1 atom stereocenters. The monoisotopic (exact) mass is 247 g/mol. The van der Waals surface area contributed by atoms with Crippen molar-refractivity contribution in [2.45, 2.75) is 12.5 Å². The summed E-state index contributed by atoms with van der Waals surface area (Å²) >= 11 is 5.67. The van der Waals surface area contributed by atoms with Crippen molar-refractivity contribution < 1.29 is 14.6 Å². The van der Waals surface area contributed by atoms with Gasteiger partial charge in [0.15, 0.2) is 0 Å². The normalized spacial score (nSPS) is 12.6. The van der Waals surface area contributed by atoms with Crippen LogP contribution in [0.4, 0.5) is 10.1 Å². The molecule has 0 aliphatic carbocycles. The second kappa shape index (κ2) is 6.03. The fourth-order valence-corrected chi connectivity index (χ4v) is 1.65. The van der Waals surface area contributed by atoms with Crippen LogP contribution >= 0.6 is 11.6 Å². The van der Waals surface area contributed by atoms with Crippen molar-refractivity contribution in [3.63, 3.8) is 0 Å². The number of anilines is 1. The zero-order chi connectivity index (χ0) is 12.1. The molecule has 0 saturated carbocycles. The van der Waals surface area contributed by atoms with Crippen LogP contribution in [0.15, 0.2) is 18.2 Å². The van der Waals surface area contributed by atoms with Crippen LogP contribution in [0, 0.1) is 5.82 Å². The summed E-state index contributed by atoms with van der Waals surface area (Å²) in [7, 11) is 1.76. The first-order valence-corrected chi connectivity index (χ1v) is 5.37. The maximum absolute atomic E-state index is 13.0. The molecule has 0 aliphatic rings. The van der Waals surface area contributed by atoms with Crippen LogP contribution in [0.25, 0.3) is 0 Å². The van der Waals surface area contributed by atoms with Gasteiger partial charge in [0.2, 0.25) is 0 Å². The highest BCUT2D eigenvalue weighted by molar-refractivity contribution is 6.31. The van der Waals surface area contributed by atoms with Gasteiger partial charge in [0, 0.05) is 19.3 Å². The van der Waals surface area contributed by atoms with Crippen LogP contribution in [-0.4, -0.2) is 36.5 Å². The summed E-state index contributed by atoms with van der Waals surface area (Å²) in [4.78, 5) is 1.77. The molecule has 2 N–H and O–H groups in total. The second-order valence-corrected chi connectivity index (χ2v) is 3.97. The molecule has 3 nitrogen and oxygen atoms in total. The smallest absolute Gasteiger partial charge is 0.141 e. The van der Waals surface area contributed by atoms with Gasteiger partial charge in [-0.3, -0.25) is 0 Å². The lowest BCUT2D eigenvalue weighted by Gasteiger charge is -2.28. The Morgan fingerprint density at radius 3 is 2.62 bits per heavy atom. The van der Waals surface area contributed by atoms with Gasteiger partial charge in [-0.2, -0.15) is 0 Å². The van der Waals surface area contributed by atoms with Crippen LogP contribution in [0.2, 0.25) is 5.02 Å². The van der Waals surface area contributed by atoms with Gasteiger partial charge in [-0.25, -0.2) is 4.39 Å². The maximum atomic E-state index is 13.0. The van der Waals surface area contributed by atoms with E-state index >= 15 is 0 Å². The molecule has 1 unspecified atom stereocenters. The van der Waals surface area contributed by atoms with Crippen molar-refractivity contribution in [2.75, 3.05) is 25.2 Å². The lowest BCUT2D eigenvalue weighted by atomic mass is 10.1. The fourth-order valence-electron chi connectivity index (χ4n) is 1.47. The predicted molar refractivity (Wildman–Crippen MR) is 62.4 cm³/mol. The van der Waals surface area contributed by atoms with E-state index in [0.717, 1.165) is 0 Å². The average molecular weight is 248 g/mol. The molecule has 0 fully saturated rings. The molecule has 16 heavy (non-hydrogen) atoms. The van der Waals surface area contributed by atoms with Gasteiger partial charge in [0.05, 0.1) is 17.7 Å². The Hall–Kier alpha value is -0.840. The Labute approximate surface area is 99.1 Å². The van der Waals surface area contributed by atoms with Crippen LogP contribution < -0.4 is 4.90 Å². The van der Waals surface area contributed by atoms with Crippen LogP contribution in [-0.2, 0) is 0 Å². The van der Waals surface area contributed by atoms with Crippen molar-refractivity contribution in [2.24, 2.45) is 0 Å². The van der Waals surface area contributed by atoms with Gasteiger partial charge in [-0.1, -0.05) is 11.6 Å². The fraction of sp³-hybridized carbons (Fsp3) is 0.455. The standard InChI is InChI=1S/C11H15ClFNO2/c1-14(9(7-16)4-5-15)8-2-3-11(13)10(12)6-8/h2-3,6,9,15-16H,4-5,7H2,1H3. The largest absolute Gasteiger partial charge is 0.396 e. The van der Waals surface area contributed by atoms with E-state index in [1.54, 1.807) is 18.0 Å². The number of rotatable bonds is 5. The number of halogens is 2. The van der Waals surface area contributed by atoms with Gasteiger partial charge in [0.25, 0.3) is 0 Å². The van der Waals surface area contributed by atoms with E-state index in [1.807, 2.05) is 0 Å². The summed E-state index contributed by atoms with van der Waals surface area (Å²) in [6.07, 6.45) is 0.446. The first-order chi connectivity index (χ1) is 7.60. The van der Waals surface area contributed by atoms with E-state index in [9.17, 15) is 4.39 Å². The number of nitrogens with zero attached hydrogens (tertiary/aromatic N) is 1. The summed E-state index contributed by atoms with van der Waals surface area (Å²) < 4.78 is 13.0. The van der Waals surface area contributed by atoms with Crippen molar-refractivity contribution >= 4 is 17.3 Å². The minimum absolute atomic E-state index is 0.00943. The van der Waals surface area contributed by atoms with E-state index in [4.69, 9.17) is 21.8 Å². The number of likely N-dealkylation sites (N-methyl/N-ethyl adjacent to an activating group) is 1. The molecular weight excluding hydrogens is 233 g/mol. The van der Waals surface area contributed by atoms with Crippen LogP contribution in [0.3, 0.4) is 0 Å². The third-order valence-corrected chi connectivity index (χ3v) is 2.82. The third kappa shape index (κ3) is 3.07. The van der Waals surface area contributed by atoms with E-state index in [-0.39, 0.29) is 24.3 Å². The van der Waals surface area contributed by atoms with E-state index in [0.29, 0.717) is 12.1 Å². The van der Waals surface area contributed by atoms with Gasteiger partial charge < -0.3 is 15.1 Å². The van der Waals surface area contributed by atoms with E-state index in [2.05, 4.69) is 0 Å². The zero-order valence-corrected chi connectivity index (χ0v) is 9.78. The molecular formula is C11H15ClFNO2. The Kier molecular flexibility index (Phi) is 4.99. The Balaban J connectivity index is 2.85. The summed E-state index contributed by atoms with van der Waals surface area (Å²) in [5.74, 6) is -0.471. The first-order valence-electron chi connectivity index (χ1n) is 4.99. The topological polar surface area (TPSA) is 43.7 Å². The second-order valence-electron chi connectivity index (χ2n) is 3.56.